The minimum absolute atomic E-state index is 0.0206. The summed E-state index contributed by atoms with van der Waals surface area (Å²) in [5.74, 6) is 1.38. The van der Waals surface area contributed by atoms with Gasteiger partial charge >= 0.3 is 0 Å². The van der Waals surface area contributed by atoms with Crippen LogP contribution in [0, 0.1) is 10.1 Å². The van der Waals surface area contributed by atoms with Crippen LogP contribution in [0.5, 0.6) is 0 Å². The van der Waals surface area contributed by atoms with E-state index in [-0.39, 0.29) is 11.6 Å². The monoisotopic (exact) mass is 429 g/mol. The van der Waals surface area contributed by atoms with E-state index < -0.39 is 4.92 Å². The summed E-state index contributed by atoms with van der Waals surface area (Å²) < 4.78 is 0. The molecule has 3 aromatic rings. The highest BCUT2D eigenvalue weighted by Gasteiger charge is 2.25. The first kappa shape index (κ1) is 21.2. The molecular weight excluding hydrogens is 406 g/mol. The maximum atomic E-state index is 12.8. The standard InChI is InChI=1S/C24H23N5O3/c1-27(2)24-20-16-28(22(30)13-10-17-8-11-19(12-9-17)29(31)32)15-14-21(20)25-23(26-24)18-6-4-3-5-7-18/h3-13H,14-16H2,1-2H3/b13-10+. The van der Waals surface area contributed by atoms with Crippen LogP contribution in [0.25, 0.3) is 17.5 Å². The van der Waals surface area contributed by atoms with E-state index in [0.29, 0.717) is 25.3 Å². The third-order valence-electron chi connectivity index (χ3n) is 5.33. The van der Waals surface area contributed by atoms with Gasteiger partial charge in [-0.05, 0) is 23.8 Å². The van der Waals surface area contributed by atoms with Crippen LogP contribution in [-0.2, 0) is 17.8 Å². The highest BCUT2D eigenvalue weighted by atomic mass is 16.6. The topological polar surface area (TPSA) is 92.5 Å². The Morgan fingerprint density at radius 1 is 1.09 bits per heavy atom. The molecule has 0 spiro atoms. The summed E-state index contributed by atoms with van der Waals surface area (Å²) in [7, 11) is 3.87. The van der Waals surface area contributed by atoms with Crippen molar-refractivity contribution in [2.75, 3.05) is 25.5 Å². The lowest BCUT2D eigenvalue weighted by atomic mass is 10.0. The van der Waals surface area contributed by atoms with E-state index in [9.17, 15) is 14.9 Å². The second-order valence-electron chi connectivity index (χ2n) is 7.75. The Morgan fingerprint density at radius 3 is 2.47 bits per heavy atom. The predicted molar refractivity (Wildman–Crippen MR) is 123 cm³/mol. The number of rotatable bonds is 5. The zero-order chi connectivity index (χ0) is 22.7. The minimum Gasteiger partial charge on any atom is -0.362 e. The Bertz CT molecular complexity index is 1170. The highest BCUT2D eigenvalue weighted by Crippen LogP contribution is 2.29. The summed E-state index contributed by atoms with van der Waals surface area (Å²) >= 11 is 0. The summed E-state index contributed by atoms with van der Waals surface area (Å²) in [5, 5.41) is 10.8. The quantitative estimate of drug-likeness (QED) is 0.349. The third-order valence-corrected chi connectivity index (χ3v) is 5.33. The van der Waals surface area contributed by atoms with Gasteiger partial charge in [0.1, 0.15) is 5.82 Å². The zero-order valence-corrected chi connectivity index (χ0v) is 17.9. The van der Waals surface area contributed by atoms with E-state index in [1.165, 1.54) is 18.2 Å². The van der Waals surface area contributed by atoms with Crippen molar-refractivity contribution in [3.05, 3.63) is 87.6 Å². The lowest BCUT2D eigenvalue weighted by molar-refractivity contribution is -0.384. The van der Waals surface area contributed by atoms with E-state index in [1.54, 1.807) is 23.1 Å². The van der Waals surface area contributed by atoms with E-state index in [0.717, 1.165) is 28.2 Å². The highest BCUT2D eigenvalue weighted by molar-refractivity contribution is 5.92. The van der Waals surface area contributed by atoms with E-state index in [4.69, 9.17) is 9.97 Å². The van der Waals surface area contributed by atoms with Crippen LogP contribution < -0.4 is 4.90 Å². The van der Waals surface area contributed by atoms with E-state index in [2.05, 4.69) is 0 Å². The first-order chi connectivity index (χ1) is 15.4. The van der Waals surface area contributed by atoms with Crippen molar-refractivity contribution in [3.8, 4) is 11.4 Å². The SMILES string of the molecule is CN(C)c1nc(-c2ccccc2)nc2c1CN(C(=O)/C=C/c1ccc([N+](=O)[O-])cc1)CC2. The first-order valence-electron chi connectivity index (χ1n) is 10.3. The smallest absolute Gasteiger partial charge is 0.269 e. The average Bonchev–Trinajstić information content (AvgIpc) is 2.82. The molecule has 0 bridgehead atoms. The molecule has 0 N–H and O–H groups in total. The number of benzene rings is 2. The maximum Gasteiger partial charge on any atom is 0.269 e. The third kappa shape index (κ3) is 4.49. The van der Waals surface area contributed by atoms with Crippen LogP contribution in [-0.4, -0.2) is 46.3 Å². The van der Waals surface area contributed by atoms with Gasteiger partial charge < -0.3 is 9.80 Å². The number of fused-ring (bicyclic) bond motifs is 1. The van der Waals surface area contributed by atoms with Gasteiger partial charge in [-0.25, -0.2) is 9.97 Å². The molecule has 1 aliphatic heterocycles. The number of anilines is 1. The normalized spacial score (nSPS) is 13.1. The molecule has 1 aromatic heterocycles. The van der Waals surface area contributed by atoms with Crippen LogP contribution in [0.3, 0.4) is 0 Å². The van der Waals surface area contributed by atoms with Crippen LogP contribution in [0.2, 0.25) is 0 Å². The summed E-state index contributed by atoms with van der Waals surface area (Å²) in [6.45, 7) is 0.996. The number of nitro benzene ring substituents is 1. The molecule has 0 saturated heterocycles. The number of non-ortho nitro benzene ring substituents is 1. The largest absolute Gasteiger partial charge is 0.362 e. The Morgan fingerprint density at radius 2 is 1.81 bits per heavy atom. The molecule has 1 aliphatic rings. The van der Waals surface area contributed by atoms with Gasteiger partial charge in [0.05, 0.1) is 17.2 Å². The Labute approximate surface area is 186 Å². The summed E-state index contributed by atoms with van der Waals surface area (Å²) in [4.78, 5) is 36.4. The van der Waals surface area contributed by atoms with Gasteiger partial charge in [-0.2, -0.15) is 0 Å². The van der Waals surface area contributed by atoms with Crippen LogP contribution in [0.4, 0.5) is 11.5 Å². The van der Waals surface area contributed by atoms with Gasteiger partial charge in [-0.3, -0.25) is 14.9 Å². The number of hydrogen-bond acceptors (Lipinski definition) is 6. The fourth-order valence-electron chi connectivity index (χ4n) is 3.65. The van der Waals surface area contributed by atoms with Crippen LogP contribution >= 0.6 is 0 Å². The molecule has 8 heteroatoms. The van der Waals surface area contributed by atoms with E-state index >= 15 is 0 Å². The lowest BCUT2D eigenvalue weighted by Crippen LogP contribution is -2.36. The van der Waals surface area contributed by atoms with Crippen LogP contribution in [0.15, 0.2) is 60.7 Å². The minimum atomic E-state index is -0.447. The molecule has 4 rings (SSSR count). The van der Waals surface area contributed by atoms with Crippen molar-refractivity contribution in [3.63, 3.8) is 0 Å². The molecule has 0 aliphatic carbocycles. The Balaban J connectivity index is 1.54. The van der Waals surface area contributed by atoms with Crippen molar-refractivity contribution < 1.29 is 9.72 Å². The van der Waals surface area contributed by atoms with Gasteiger partial charge in [0.15, 0.2) is 5.82 Å². The van der Waals surface area contributed by atoms with Gasteiger partial charge in [0, 0.05) is 56.4 Å². The summed E-state index contributed by atoms with van der Waals surface area (Å²) in [5.41, 5.74) is 3.63. The molecule has 2 heterocycles. The van der Waals surface area contributed by atoms with E-state index in [1.807, 2.05) is 49.3 Å². The zero-order valence-electron chi connectivity index (χ0n) is 17.9. The number of nitro groups is 1. The number of amides is 1. The molecule has 0 radical (unpaired) electrons. The lowest BCUT2D eigenvalue weighted by Gasteiger charge is -2.30. The fourth-order valence-corrected chi connectivity index (χ4v) is 3.65. The summed E-state index contributed by atoms with van der Waals surface area (Å²) in [6, 6.07) is 16.0. The summed E-state index contributed by atoms with van der Waals surface area (Å²) in [6.07, 6.45) is 3.82. The fraction of sp³-hybridized carbons (Fsp3) is 0.208. The molecule has 32 heavy (non-hydrogen) atoms. The van der Waals surface area contributed by atoms with Crippen LogP contribution in [0.1, 0.15) is 16.8 Å². The van der Waals surface area contributed by atoms with Gasteiger partial charge in [-0.15, -0.1) is 0 Å². The van der Waals surface area contributed by atoms with Crippen molar-refractivity contribution in [2.45, 2.75) is 13.0 Å². The molecule has 0 fully saturated rings. The van der Waals surface area contributed by atoms with Crippen molar-refractivity contribution in [2.24, 2.45) is 0 Å². The van der Waals surface area contributed by atoms with Crippen molar-refractivity contribution in [1.82, 2.24) is 14.9 Å². The molecule has 0 saturated carbocycles. The number of aromatic nitrogens is 2. The van der Waals surface area contributed by atoms with Gasteiger partial charge in [0.2, 0.25) is 5.91 Å². The number of nitrogens with zero attached hydrogens (tertiary/aromatic N) is 5. The molecule has 0 atom stereocenters. The molecule has 2 aromatic carbocycles. The average molecular weight is 429 g/mol. The predicted octanol–water partition coefficient (Wildman–Crippen LogP) is 3.72. The Hall–Kier alpha value is -4.07. The second kappa shape index (κ2) is 8.97. The molecule has 162 valence electrons. The van der Waals surface area contributed by atoms with Crippen molar-refractivity contribution in [1.29, 1.82) is 0 Å². The number of carbonyl (C=O) groups is 1. The number of carbonyl (C=O) groups excluding carboxylic acids is 1. The number of hydrogen-bond donors (Lipinski definition) is 0. The van der Waals surface area contributed by atoms with Gasteiger partial charge in [-0.1, -0.05) is 30.3 Å². The first-order valence-corrected chi connectivity index (χ1v) is 10.3. The van der Waals surface area contributed by atoms with Gasteiger partial charge in [0.25, 0.3) is 5.69 Å². The van der Waals surface area contributed by atoms with Crippen molar-refractivity contribution >= 4 is 23.5 Å². The maximum absolute atomic E-state index is 12.8. The second-order valence-corrected chi connectivity index (χ2v) is 7.75. The molecular formula is C24H23N5O3. The molecule has 0 unspecified atom stereocenters. The molecule has 1 amide bonds. The molecule has 8 nitrogen and oxygen atoms in total. The Kier molecular flexibility index (Phi) is 5.93.